The molecule has 0 aromatic heterocycles. The minimum absolute atomic E-state index is 0.0527. The number of phenols is 1. The molecule has 2 fully saturated rings. The van der Waals surface area contributed by atoms with Crippen molar-refractivity contribution in [2.45, 2.75) is 63.7 Å². The molecule has 2 aliphatic carbocycles. The number of hydrogen-bond acceptors (Lipinski definition) is 6. The van der Waals surface area contributed by atoms with E-state index >= 15 is 0 Å². The second-order valence-electron chi connectivity index (χ2n) is 10.6. The first-order valence-electron chi connectivity index (χ1n) is 13.2. The van der Waals surface area contributed by atoms with Crippen molar-refractivity contribution in [3.8, 4) is 11.5 Å². The lowest BCUT2D eigenvalue weighted by atomic mass is 9.89. The second-order valence-corrected chi connectivity index (χ2v) is 10.6. The Labute approximate surface area is 227 Å². The number of ketones is 2. The number of phenolic OH excluding ortho intramolecular Hbond substituents is 1. The summed E-state index contributed by atoms with van der Waals surface area (Å²) in [4.78, 5) is 52.3. The summed E-state index contributed by atoms with van der Waals surface area (Å²) in [7, 11) is 1.60. The minimum Gasteiger partial charge on any atom is -0.508 e. The van der Waals surface area contributed by atoms with Gasteiger partial charge in [-0.15, -0.1) is 0 Å². The molecule has 2 saturated carbocycles. The van der Waals surface area contributed by atoms with Gasteiger partial charge in [0.05, 0.1) is 32.3 Å². The lowest BCUT2D eigenvalue weighted by Crippen LogP contribution is -2.43. The van der Waals surface area contributed by atoms with E-state index in [0.717, 1.165) is 29.6 Å². The number of benzene rings is 2. The van der Waals surface area contributed by atoms with E-state index in [4.69, 9.17) is 4.74 Å². The van der Waals surface area contributed by atoms with Gasteiger partial charge in [0.15, 0.2) is 11.6 Å². The highest BCUT2D eigenvalue weighted by atomic mass is 16.5. The zero-order valence-corrected chi connectivity index (χ0v) is 22.1. The predicted octanol–water partition coefficient (Wildman–Crippen LogP) is 4.35. The van der Waals surface area contributed by atoms with Crippen LogP contribution in [0, 0.1) is 0 Å². The highest BCUT2D eigenvalue weighted by Gasteiger charge is 2.40. The van der Waals surface area contributed by atoms with E-state index in [1.165, 1.54) is 0 Å². The van der Waals surface area contributed by atoms with Crippen LogP contribution in [0.1, 0.15) is 70.4 Å². The number of rotatable bonds is 3. The Bertz CT molecular complexity index is 1410. The SMILES string of the molecule is C=C1CCC(N2Cc3c(O)cccc3C2=O)C(=O)C1.C=C1CCC(N2Cc3c(OC)cccc3C2=O)C(=O)C1. The number of carbonyl (C=O) groups excluding carboxylic acids is 4. The number of allylic oxidation sites excluding steroid dienone is 2. The molecule has 0 spiro atoms. The molecule has 202 valence electrons. The highest BCUT2D eigenvalue weighted by Crippen LogP contribution is 2.36. The van der Waals surface area contributed by atoms with Gasteiger partial charge >= 0.3 is 0 Å². The van der Waals surface area contributed by atoms with E-state index < -0.39 is 0 Å². The van der Waals surface area contributed by atoms with Crippen molar-refractivity contribution in [2.75, 3.05) is 7.11 Å². The third-order valence-corrected chi connectivity index (χ3v) is 8.03. The van der Waals surface area contributed by atoms with Crippen LogP contribution in [0.25, 0.3) is 0 Å². The van der Waals surface area contributed by atoms with Crippen molar-refractivity contribution in [3.05, 3.63) is 83.0 Å². The maximum atomic E-state index is 12.5. The molecule has 2 aliphatic heterocycles. The number of fused-ring (bicyclic) bond motifs is 2. The summed E-state index contributed by atoms with van der Waals surface area (Å²) in [5, 5.41) is 9.80. The van der Waals surface area contributed by atoms with E-state index in [0.29, 0.717) is 61.2 Å². The molecule has 0 bridgehead atoms. The van der Waals surface area contributed by atoms with Gasteiger partial charge in [-0.05, 0) is 49.9 Å². The first-order chi connectivity index (χ1) is 18.7. The Morgan fingerprint density at radius 1 is 0.769 bits per heavy atom. The fourth-order valence-electron chi connectivity index (χ4n) is 5.93. The summed E-state index contributed by atoms with van der Waals surface area (Å²) < 4.78 is 5.31. The predicted molar refractivity (Wildman–Crippen MR) is 144 cm³/mol. The summed E-state index contributed by atoms with van der Waals surface area (Å²) in [5.74, 6) is 0.770. The molecule has 2 unspecified atom stereocenters. The summed E-state index contributed by atoms with van der Waals surface area (Å²) in [6, 6.07) is 9.69. The van der Waals surface area contributed by atoms with Crippen molar-refractivity contribution in [3.63, 3.8) is 0 Å². The number of methoxy groups -OCH3 is 1. The zero-order chi connectivity index (χ0) is 27.8. The van der Waals surface area contributed by atoms with E-state index in [1.807, 2.05) is 12.1 Å². The van der Waals surface area contributed by atoms with E-state index in [9.17, 15) is 24.3 Å². The zero-order valence-electron chi connectivity index (χ0n) is 22.1. The average Bonchev–Trinajstić information content (AvgIpc) is 3.42. The smallest absolute Gasteiger partial charge is 0.255 e. The van der Waals surface area contributed by atoms with Crippen LogP contribution in [-0.2, 0) is 22.7 Å². The van der Waals surface area contributed by atoms with Gasteiger partial charge < -0.3 is 19.6 Å². The van der Waals surface area contributed by atoms with Crippen LogP contribution in [0.5, 0.6) is 11.5 Å². The molecule has 4 aliphatic rings. The Kier molecular flexibility index (Phi) is 7.12. The molecule has 8 nitrogen and oxygen atoms in total. The number of ether oxygens (including phenoxy) is 1. The van der Waals surface area contributed by atoms with Crippen molar-refractivity contribution in [2.24, 2.45) is 0 Å². The first-order valence-corrected chi connectivity index (χ1v) is 13.2. The molecule has 6 rings (SSSR count). The monoisotopic (exact) mass is 528 g/mol. The molecule has 0 radical (unpaired) electrons. The second kappa shape index (κ2) is 10.5. The van der Waals surface area contributed by atoms with Crippen LogP contribution in [0.2, 0.25) is 0 Å². The average molecular weight is 529 g/mol. The number of carbonyl (C=O) groups is 4. The maximum absolute atomic E-state index is 12.5. The van der Waals surface area contributed by atoms with Crippen molar-refractivity contribution >= 4 is 23.4 Å². The maximum Gasteiger partial charge on any atom is 0.255 e. The Morgan fingerprint density at radius 3 is 1.74 bits per heavy atom. The molecule has 0 saturated heterocycles. The molecular formula is C31H32N2O6. The van der Waals surface area contributed by atoms with E-state index in [-0.39, 0.29) is 41.2 Å². The number of Topliss-reactive ketones (excluding diaryl/α,β-unsaturated/α-hetero) is 2. The number of aromatic hydroxyl groups is 1. The Morgan fingerprint density at radius 2 is 1.26 bits per heavy atom. The van der Waals surface area contributed by atoms with Crippen LogP contribution in [0.15, 0.2) is 60.7 Å². The molecule has 2 heterocycles. The molecule has 2 atom stereocenters. The van der Waals surface area contributed by atoms with Gasteiger partial charge in [0.25, 0.3) is 11.8 Å². The van der Waals surface area contributed by atoms with Crippen molar-refractivity contribution in [1.29, 1.82) is 0 Å². The molecular weight excluding hydrogens is 496 g/mol. The van der Waals surface area contributed by atoms with Gasteiger partial charge in [0.2, 0.25) is 0 Å². The van der Waals surface area contributed by atoms with Crippen LogP contribution in [0.3, 0.4) is 0 Å². The van der Waals surface area contributed by atoms with Crippen LogP contribution < -0.4 is 4.74 Å². The summed E-state index contributed by atoms with van der Waals surface area (Å²) in [5.41, 5.74) is 4.59. The lowest BCUT2D eigenvalue weighted by molar-refractivity contribution is -0.124. The summed E-state index contributed by atoms with van der Waals surface area (Å²) >= 11 is 0. The standard InChI is InChI=1S/C16H17NO3.C15H15NO3/c1-10-6-7-13(14(18)8-10)17-9-12-11(16(17)19)4-3-5-15(12)20-2;1-9-5-6-12(14(18)7-9)16-8-11-10(15(16)19)3-2-4-13(11)17/h3-5,13H,1,6-9H2,2H3;2-4,12,17H,1,5-8H2. The molecule has 2 amide bonds. The summed E-state index contributed by atoms with van der Waals surface area (Å²) in [6.45, 7) is 8.48. The normalized spacial score (nSPS) is 22.5. The van der Waals surface area contributed by atoms with Gasteiger partial charge in [-0.3, -0.25) is 19.2 Å². The fraction of sp³-hybridized carbons (Fsp3) is 0.355. The number of hydrogen-bond donors (Lipinski definition) is 1. The van der Waals surface area contributed by atoms with Gasteiger partial charge in [-0.2, -0.15) is 0 Å². The minimum atomic E-state index is -0.371. The first kappa shape index (κ1) is 26.4. The summed E-state index contributed by atoms with van der Waals surface area (Å²) in [6.07, 6.45) is 3.66. The number of amides is 2. The van der Waals surface area contributed by atoms with Gasteiger partial charge in [0.1, 0.15) is 11.5 Å². The molecule has 8 heteroatoms. The molecule has 1 N–H and O–H groups in total. The van der Waals surface area contributed by atoms with Crippen molar-refractivity contribution in [1.82, 2.24) is 9.80 Å². The third kappa shape index (κ3) is 4.87. The van der Waals surface area contributed by atoms with Crippen LogP contribution in [0.4, 0.5) is 0 Å². The fourth-order valence-corrected chi connectivity index (χ4v) is 5.93. The van der Waals surface area contributed by atoms with Crippen molar-refractivity contribution < 1.29 is 29.0 Å². The third-order valence-electron chi connectivity index (χ3n) is 8.03. The van der Waals surface area contributed by atoms with E-state index in [1.54, 1.807) is 41.2 Å². The highest BCUT2D eigenvalue weighted by molar-refractivity contribution is 6.03. The van der Waals surface area contributed by atoms with Crippen LogP contribution in [-0.4, -0.2) is 57.5 Å². The van der Waals surface area contributed by atoms with Gasteiger partial charge in [-0.25, -0.2) is 0 Å². The lowest BCUT2D eigenvalue weighted by Gasteiger charge is -2.30. The number of nitrogens with zero attached hydrogens (tertiary/aromatic N) is 2. The Hall–Kier alpha value is -4.20. The molecule has 39 heavy (non-hydrogen) atoms. The van der Waals surface area contributed by atoms with Gasteiger partial charge in [0, 0.05) is 35.1 Å². The molecule has 2 aromatic carbocycles. The quantitative estimate of drug-likeness (QED) is 0.594. The van der Waals surface area contributed by atoms with Crippen LogP contribution >= 0.6 is 0 Å². The van der Waals surface area contributed by atoms with Gasteiger partial charge in [-0.1, -0.05) is 36.4 Å². The molecule has 2 aromatic rings. The topological polar surface area (TPSA) is 104 Å². The van der Waals surface area contributed by atoms with E-state index in [2.05, 4.69) is 13.2 Å². The Balaban J connectivity index is 0.000000158. The largest absolute Gasteiger partial charge is 0.508 e.